The molecular weight excluding hydrogens is 274 g/mol. The van der Waals surface area contributed by atoms with Gasteiger partial charge in [-0.25, -0.2) is 0 Å². The topological polar surface area (TPSA) is 81.8 Å². The van der Waals surface area contributed by atoms with Crippen LogP contribution in [0.4, 0.5) is 5.69 Å². The quantitative estimate of drug-likeness (QED) is 0.653. The first-order valence-corrected chi connectivity index (χ1v) is 6.28. The van der Waals surface area contributed by atoms with Gasteiger partial charge in [0.1, 0.15) is 6.61 Å². The van der Waals surface area contributed by atoms with Gasteiger partial charge in [0.15, 0.2) is 11.5 Å². The highest BCUT2D eigenvalue weighted by Gasteiger charge is 2.12. The fourth-order valence-electron chi connectivity index (χ4n) is 1.79. The first-order chi connectivity index (χ1) is 10.1. The molecule has 2 rings (SSSR count). The summed E-state index contributed by atoms with van der Waals surface area (Å²) in [6.07, 6.45) is 0. The van der Waals surface area contributed by atoms with E-state index in [0.29, 0.717) is 11.5 Å². The summed E-state index contributed by atoms with van der Waals surface area (Å²) in [5.41, 5.74) is 1.65. The molecule has 1 N–H and O–H groups in total. The van der Waals surface area contributed by atoms with Gasteiger partial charge in [0.25, 0.3) is 5.69 Å². The van der Waals surface area contributed by atoms with Gasteiger partial charge in [-0.05, 0) is 17.2 Å². The van der Waals surface area contributed by atoms with Crippen LogP contribution in [0.15, 0.2) is 42.5 Å². The highest BCUT2D eigenvalue weighted by atomic mass is 16.6. The summed E-state index contributed by atoms with van der Waals surface area (Å²) in [6.45, 7) is 0.239. The predicted molar refractivity (Wildman–Crippen MR) is 76.3 cm³/mol. The Kier molecular flexibility index (Phi) is 4.73. The minimum absolute atomic E-state index is 0.0140. The van der Waals surface area contributed by atoms with E-state index >= 15 is 0 Å². The number of nitro benzene ring substituents is 1. The Bertz CT molecular complexity index is 624. The highest BCUT2D eigenvalue weighted by molar-refractivity contribution is 5.48. The van der Waals surface area contributed by atoms with Gasteiger partial charge in [-0.15, -0.1) is 0 Å². The fourth-order valence-corrected chi connectivity index (χ4v) is 1.79. The molecule has 0 saturated heterocycles. The van der Waals surface area contributed by atoms with Gasteiger partial charge < -0.3 is 14.6 Å². The Morgan fingerprint density at radius 3 is 2.33 bits per heavy atom. The molecule has 2 aromatic rings. The molecule has 110 valence electrons. The molecular formula is C15H15NO5. The van der Waals surface area contributed by atoms with E-state index in [1.54, 1.807) is 12.1 Å². The molecule has 0 amide bonds. The molecule has 0 aliphatic heterocycles. The van der Waals surface area contributed by atoms with Gasteiger partial charge in [-0.1, -0.05) is 24.3 Å². The van der Waals surface area contributed by atoms with Crippen molar-refractivity contribution in [3.63, 3.8) is 0 Å². The number of hydrogen-bond donors (Lipinski definition) is 1. The zero-order chi connectivity index (χ0) is 15.2. The Morgan fingerprint density at radius 1 is 1.10 bits per heavy atom. The lowest BCUT2D eigenvalue weighted by atomic mass is 10.1. The second-order valence-corrected chi connectivity index (χ2v) is 4.36. The molecule has 6 heteroatoms. The van der Waals surface area contributed by atoms with Crippen LogP contribution in [-0.4, -0.2) is 17.1 Å². The molecule has 0 aromatic heterocycles. The molecule has 0 atom stereocenters. The van der Waals surface area contributed by atoms with E-state index in [1.807, 2.05) is 12.1 Å². The van der Waals surface area contributed by atoms with Crippen LogP contribution in [0, 0.1) is 10.1 Å². The second kappa shape index (κ2) is 6.71. The molecule has 0 bridgehead atoms. The van der Waals surface area contributed by atoms with E-state index in [9.17, 15) is 10.1 Å². The number of non-ortho nitro benzene ring substituents is 1. The zero-order valence-corrected chi connectivity index (χ0v) is 11.5. The summed E-state index contributed by atoms with van der Waals surface area (Å²) in [5.74, 6) is 0.755. The molecule has 2 aromatic carbocycles. The van der Waals surface area contributed by atoms with Crippen molar-refractivity contribution in [1.82, 2.24) is 0 Å². The molecule has 0 saturated carbocycles. The van der Waals surface area contributed by atoms with Crippen molar-refractivity contribution in [1.29, 1.82) is 0 Å². The third-order valence-corrected chi connectivity index (χ3v) is 2.96. The molecule has 0 heterocycles. The molecule has 0 aliphatic carbocycles. The highest BCUT2D eigenvalue weighted by Crippen LogP contribution is 2.31. The number of hydrogen-bond acceptors (Lipinski definition) is 5. The summed E-state index contributed by atoms with van der Waals surface area (Å²) in [6, 6.07) is 11.4. The number of methoxy groups -OCH3 is 1. The predicted octanol–water partition coefficient (Wildman–Crippen LogP) is 2.67. The minimum atomic E-state index is -0.484. The first-order valence-electron chi connectivity index (χ1n) is 6.28. The van der Waals surface area contributed by atoms with Gasteiger partial charge in [0.05, 0.1) is 24.7 Å². The lowest BCUT2D eigenvalue weighted by Gasteiger charge is -2.10. The summed E-state index contributed by atoms with van der Waals surface area (Å²) in [5, 5.41) is 19.8. The van der Waals surface area contributed by atoms with E-state index in [2.05, 4.69) is 0 Å². The van der Waals surface area contributed by atoms with Crippen molar-refractivity contribution >= 4 is 5.69 Å². The van der Waals surface area contributed by atoms with Crippen molar-refractivity contribution in [3.8, 4) is 11.5 Å². The Hall–Kier alpha value is -2.60. The Morgan fingerprint density at radius 2 is 1.76 bits per heavy atom. The van der Waals surface area contributed by atoms with Gasteiger partial charge in [0, 0.05) is 6.07 Å². The van der Waals surface area contributed by atoms with Crippen LogP contribution in [0.25, 0.3) is 0 Å². The van der Waals surface area contributed by atoms with E-state index < -0.39 is 4.92 Å². The van der Waals surface area contributed by atoms with Gasteiger partial charge in [-0.2, -0.15) is 0 Å². The number of nitrogens with zero attached hydrogens (tertiary/aromatic N) is 1. The lowest BCUT2D eigenvalue weighted by molar-refractivity contribution is -0.385. The van der Waals surface area contributed by atoms with E-state index in [-0.39, 0.29) is 18.9 Å². The molecule has 0 unspecified atom stereocenters. The van der Waals surface area contributed by atoms with Crippen LogP contribution in [0.3, 0.4) is 0 Å². The van der Waals surface area contributed by atoms with Crippen molar-refractivity contribution < 1.29 is 19.5 Å². The number of aliphatic hydroxyl groups is 1. The molecule has 0 spiro atoms. The van der Waals surface area contributed by atoms with Gasteiger partial charge >= 0.3 is 0 Å². The largest absolute Gasteiger partial charge is 0.493 e. The molecule has 0 radical (unpaired) electrons. The Labute approximate surface area is 121 Å². The third kappa shape index (κ3) is 3.70. The molecule has 0 fully saturated rings. The fraction of sp³-hybridized carbons (Fsp3) is 0.200. The third-order valence-electron chi connectivity index (χ3n) is 2.96. The summed E-state index contributed by atoms with van der Waals surface area (Å²) in [7, 11) is 1.48. The number of ether oxygens (including phenoxy) is 2. The first kappa shape index (κ1) is 14.8. The maximum absolute atomic E-state index is 10.8. The maximum atomic E-state index is 10.8. The van der Waals surface area contributed by atoms with Crippen LogP contribution >= 0.6 is 0 Å². The van der Waals surface area contributed by atoms with Crippen LogP contribution in [0.5, 0.6) is 11.5 Å². The van der Waals surface area contributed by atoms with Crippen molar-refractivity contribution in [2.45, 2.75) is 13.2 Å². The summed E-state index contributed by atoms with van der Waals surface area (Å²) >= 11 is 0. The van der Waals surface area contributed by atoms with Gasteiger partial charge in [0.2, 0.25) is 0 Å². The number of benzene rings is 2. The molecule has 21 heavy (non-hydrogen) atoms. The normalized spacial score (nSPS) is 10.2. The molecule has 0 aliphatic rings. The molecule has 6 nitrogen and oxygen atoms in total. The zero-order valence-electron chi connectivity index (χ0n) is 11.5. The second-order valence-electron chi connectivity index (χ2n) is 4.36. The number of nitro groups is 1. The standard InChI is InChI=1S/C15H15NO5/c1-20-14-7-6-13(16(18)19)8-15(14)21-10-12-4-2-11(9-17)3-5-12/h2-8,17H,9-10H2,1H3. The Balaban J connectivity index is 2.13. The minimum Gasteiger partial charge on any atom is -0.493 e. The van der Waals surface area contributed by atoms with Crippen LogP contribution in [-0.2, 0) is 13.2 Å². The van der Waals surface area contributed by atoms with Crippen molar-refractivity contribution in [2.24, 2.45) is 0 Å². The van der Waals surface area contributed by atoms with Crippen LogP contribution in [0.1, 0.15) is 11.1 Å². The SMILES string of the molecule is COc1ccc([N+](=O)[O-])cc1OCc1ccc(CO)cc1. The van der Waals surface area contributed by atoms with E-state index in [4.69, 9.17) is 14.6 Å². The van der Waals surface area contributed by atoms with Crippen molar-refractivity contribution in [3.05, 3.63) is 63.7 Å². The number of aliphatic hydroxyl groups excluding tert-OH is 1. The summed E-state index contributed by atoms with van der Waals surface area (Å²) in [4.78, 5) is 10.3. The van der Waals surface area contributed by atoms with Gasteiger partial charge in [-0.3, -0.25) is 10.1 Å². The summed E-state index contributed by atoms with van der Waals surface area (Å²) < 4.78 is 10.7. The smallest absolute Gasteiger partial charge is 0.273 e. The monoisotopic (exact) mass is 289 g/mol. The van der Waals surface area contributed by atoms with Crippen LogP contribution in [0.2, 0.25) is 0 Å². The number of rotatable bonds is 6. The van der Waals surface area contributed by atoms with Crippen molar-refractivity contribution in [2.75, 3.05) is 7.11 Å². The lowest BCUT2D eigenvalue weighted by Crippen LogP contribution is -1.99. The maximum Gasteiger partial charge on any atom is 0.273 e. The van der Waals surface area contributed by atoms with Crippen LogP contribution < -0.4 is 9.47 Å². The van der Waals surface area contributed by atoms with E-state index in [0.717, 1.165) is 11.1 Å². The van der Waals surface area contributed by atoms with E-state index in [1.165, 1.54) is 25.3 Å². The average molecular weight is 289 g/mol. The average Bonchev–Trinajstić information content (AvgIpc) is 2.53.